The molecule has 0 radical (unpaired) electrons. The Balaban J connectivity index is 1.18. The summed E-state index contributed by atoms with van der Waals surface area (Å²) in [4.78, 5) is 37.3. The summed E-state index contributed by atoms with van der Waals surface area (Å²) in [5, 5.41) is 9.93. The maximum atomic E-state index is 13.3. The van der Waals surface area contributed by atoms with Crippen molar-refractivity contribution < 1.29 is 9.59 Å². The van der Waals surface area contributed by atoms with E-state index in [9.17, 15) is 9.59 Å². The minimum Gasteiger partial charge on any atom is -0.340 e. The molecule has 0 unspecified atom stereocenters. The van der Waals surface area contributed by atoms with Gasteiger partial charge in [-0.25, -0.2) is 4.98 Å². The predicted molar refractivity (Wildman–Crippen MR) is 162 cm³/mol. The van der Waals surface area contributed by atoms with E-state index >= 15 is 0 Å². The topological polar surface area (TPSA) is 99.2 Å². The van der Waals surface area contributed by atoms with E-state index in [1.807, 2.05) is 66.4 Å². The van der Waals surface area contributed by atoms with Crippen molar-refractivity contribution in [3.8, 4) is 0 Å². The van der Waals surface area contributed by atoms with Crippen molar-refractivity contribution in [2.45, 2.75) is 39.0 Å². The van der Waals surface area contributed by atoms with E-state index in [2.05, 4.69) is 44.1 Å². The van der Waals surface area contributed by atoms with Crippen molar-refractivity contribution in [3.63, 3.8) is 0 Å². The summed E-state index contributed by atoms with van der Waals surface area (Å²) in [5.41, 5.74) is 6.52. The van der Waals surface area contributed by atoms with Crippen LogP contribution in [0.3, 0.4) is 0 Å². The average molecular weight is 547 g/mol. The van der Waals surface area contributed by atoms with Crippen LogP contribution in [0.25, 0.3) is 0 Å². The van der Waals surface area contributed by atoms with Crippen molar-refractivity contribution in [1.29, 1.82) is 0 Å². The van der Waals surface area contributed by atoms with Crippen LogP contribution >= 0.6 is 0 Å². The standard InChI is InChI=1S/C33H34N6O2/c1-22-20-34-33-36-27-11-5-7-23(17-27)12-13-26-19-28(35-31(22)38-33)14-15-29(26)37-30(40)18-24-8-6-16-39(21-24)32(41)25-9-3-2-4-10-25/h2-5,7,9-11,14-15,17,19-20,24H,6,8,12-13,16,18,21H2,1H3,(H,37,40)(H2,34,35,36,38)/t24-/m1/s1. The molecule has 3 N–H and O–H groups in total. The Labute approximate surface area is 240 Å². The average Bonchev–Trinajstić information content (AvgIpc) is 2.99. The second-order valence-corrected chi connectivity index (χ2v) is 10.9. The van der Waals surface area contributed by atoms with Gasteiger partial charge in [0.1, 0.15) is 5.82 Å². The first-order valence-corrected chi connectivity index (χ1v) is 14.2. The number of likely N-dealkylation sites (tertiary alicyclic amines) is 1. The maximum Gasteiger partial charge on any atom is 0.253 e. The summed E-state index contributed by atoms with van der Waals surface area (Å²) >= 11 is 0. The summed E-state index contributed by atoms with van der Waals surface area (Å²) in [6.07, 6.45) is 5.61. The number of nitrogens with one attached hydrogen (secondary N) is 3. The van der Waals surface area contributed by atoms with Crippen LogP contribution in [-0.2, 0) is 17.6 Å². The van der Waals surface area contributed by atoms with Crippen molar-refractivity contribution in [2.24, 2.45) is 5.92 Å². The van der Waals surface area contributed by atoms with Crippen molar-refractivity contribution >= 4 is 40.6 Å². The quantitative estimate of drug-likeness (QED) is 0.280. The van der Waals surface area contributed by atoms with Gasteiger partial charge in [0.15, 0.2) is 0 Å². The minimum absolute atomic E-state index is 0.0219. The third-order valence-corrected chi connectivity index (χ3v) is 7.78. The molecule has 41 heavy (non-hydrogen) atoms. The van der Waals surface area contributed by atoms with Crippen LogP contribution in [0.15, 0.2) is 79.0 Å². The second-order valence-electron chi connectivity index (χ2n) is 10.9. The van der Waals surface area contributed by atoms with Gasteiger partial charge >= 0.3 is 0 Å². The van der Waals surface area contributed by atoms with Gasteiger partial charge in [-0.05, 0) is 92.1 Å². The Kier molecular flexibility index (Phi) is 7.63. The summed E-state index contributed by atoms with van der Waals surface area (Å²) in [6, 6.07) is 23.6. The van der Waals surface area contributed by atoms with Crippen LogP contribution in [-0.4, -0.2) is 39.8 Å². The Morgan fingerprint density at radius 3 is 2.71 bits per heavy atom. The normalized spacial score (nSPS) is 16.2. The molecule has 208 valence electrons. The fourth-order valence-corrected chi connectivity index (χ4v) is 5.62. The number of rotatable bonds is 4. The molecule has 4 aromatic rings. The van der Waals surface area contributed by atoms with Gasteiger partial charge in [0.2, 0.25) is 11.9 Å². The highest BCUT2D eigenvalue weighted by atomic mass is 16.2. The van der Waals surface area contributed by atoms with Crippen LogP contribution in [0, 0.1) is 12.8 Å². The molecule has 0 saturated carbocycles. The zero-order valence-electron chi connectivity index (χ0n) is 23.2. The van der Waals surface area contributed by atoms with E-state index in [4.69, 9.17) is 0 Å². The van der Waals surface area contributed by atoms with Gasteiger partial charge in [-0.1, -0.05) is 30.3 Å². The summed E-state index contributed by atoms with van der Waals surface area (Å²) < 4.78 is 0. The first-order chi connectivity index (χ1) is 20.0. The highest BCUT2D eigenvalue weighted by molar-refractivity contribution is 5.94. The van der Waals surface area contributed by atoms with Gasteiger partial charge in [0.25, 0.3) is 5.91 Å². The van der Waals surface area contributed by atoms with E-state index in [1.165, 1.54) is 5.56 Å². The van der Waals surface area contributed by atoms with Crippen molar-refractivity contribution in [3.05, 3.63) is 101 Å². The molecular formula is C33H34N6O2. The van der Waals surface area contributed by atoms with Gasteiger partial charge in [0, 0.05) is 53.9 Å². The van der Waals surface area contributed by atoms with E-state index in [1.54, 1.807) is 6.20 Å². The van der Waals surface area contributed by atoms with Crippen LogP contribution in [0.5, 0.6) is 0 Å². The summed E-state index contributed by atoms with van der Waals surface area (Å²) in [7, 11) is 0. The SMILES string of the molecule is Cc1cnc2nc1Nc1ccc(NC(=O)C[C@H]3CCCN(C(=O)c4ccccc4)C3)c(c1)CCc1cccc(c1)N2. The minimum atomic E-state index is -0.0219. The molecule has 6 bridgehead atoms. The molecule has 1 atom stereocenters. The lowest BCUT2D eigenvalue weighted by atomic mass is 9.93. The van der Waals surface area contributed by atoms with E-state index < -0.39 is 0 Å². The molecule has 6 rings (SSSR count). The molecule has 2 aliphatic rings. The zero-order valence-corrected chi connectivity index (χ0v) is 23.2. The number of carbonyl (C=O) groups is 2. The molecular weight excluding hydrogens is 512 g/mol. The van der Waals surface area contributed by atoms with Gasteiger partial charge in [-0.2, -0.15) is 4.98 Å². The van der Waals surface area contributed by atoms with E-state index in [0.717, 1.165) is 66.2 Å². The van der Waals surface area contributed by atoms with Crippen molar-refractivity contribution in [2.75, 3.05) is 29.0 Å². The smallest absolute Gasteiger partial charge is 0.253 e. The largest absolute Gasteiger partial charge is 0.340 e. The molecule has 8 heteroatoms. The first kappa shape index (κ1) is 26.5. The number of amides is 2. The molecule has 0 aliphatic carbocycles. The van der Waals surface area contributed by atoms with Gasteiger partial charge < -0.3 is 20.9 Å². The van der Waals surface area contributed by atoms with Crippen LogP contribution < -0.4 is 16.0 Å². The highest BCUT2D eigenvalue weighted by Gasteiger charge is 2.26. The Hall–Kier alpha value is -4.72. The number of benzene rings is 3. The molecule has 3 aromatic carbocycles. The molecule has 0 spiro atoms. The third-order valence-electron chi connectivity index (χ3n) is 7.78. The molecule has 1 saturated heterocycles. The molecule has 2 amide bonds. The monoisotopic (exact) mass is 546 g/mol. The molecule has 8 nitrogen and oxygen atoms in total. The number of anilines is 5. The van der Waals surface area contributed by atoms with Crippen LogP contribution in [0.4, 0.5) is 28.8 Å². The van der Waals surface area contributed by atoms with E-state index in [0.29, 0.717) is 24.5 Å². The van der Waals surface area contributed by atoms with Crippen LogP contribution in [0.1, 0.15) is 46.3 Å². The fourth-order valence-electron chi connectivity index (χ4n) is 5.62. The molecule has 1 fully saturated rings. The number of carbonyl (C=O) groups excluding carboxylic acids is 2. The predicted octanol–water partition coefficient (Wildman–Crippen LogP) is 6.25. The first-order valence-electron chi connectivity index (χ1n) is 14.2. The maximum absolute atomic E-state index is 13.3. The zero-order chi connectivity index (χ0) is 28.2. The summed E-state index contributed by atoms with van der Waals surface area (Å²) in [5.74, 6) is 1.41. The fraction of sp³-hybridized carbons (Fsp3) is 0.273. The lowest BCUT2D eigenvalue weighted by Gasteiger charge is -2.32. The van der Waals surface area contributed by atoms with E-state index in [-0.39, 0.29) is 17.7 Å². The van der Waals surface area contributed by atoms with Gasteiger partial charge in [0.05, 0.1) is 0 Å². The second kappa shape index (κ2) is 11.8. The number of aromatic nitrogens is 2. The number of hydrogen-bond acceptors (Lipinski definition) is 6. The van der Waals surface area contributed by atoms with Crippen molar-refractivity contribution in [1.82, 2.24) is 14.9 Å². The molecule has 1 aromatic heterocycles. The van der Waals surface area contributed by atoms with Gasteiger partial charge in [-0.15, -0.1) is 0 Å². The highest BCUT2D eigenvalue weighted by Crippen LogP contribution is 2.29. The molecule has 2 aliphatic heterocycles. The Morgan fingerprint density at radius 1 is 0.976 bits per heavy atom. The third kappa shape index (κ3) is 6.38. The molecule has 3 heterocycles. The lowest BCUT2D eigenvalue weighted by Crippen LogP contribution is -2.40. The number of hydrogen-bond donors (Lipinski definition) is 3. The number of aryl methyl sites for hydroxylation is 3. The number of piperidine rings is 1. The van der Waals surface area contributed by atoms with Crippen LogP contribution in [0.2, 0.25) is 0 Å². The number of nitrogens with zero attached hydrogens (tertiary/aromatic N) is 3. The number of fused-ring (bicyclic) bond motifs is 6. The summed E-state index contributed by atoms with van der Waals surface area (Å²) in [6.45, 7) is 3.30. The lowest BCUT2D eigenvalue weighted by molar-refractivity contribution is -0.117. The Bertz CT molecular complexity index is 1570. The Morgan fingerprint density at radius 2 is 1.83 bits per heavy atom. The van der Waals surface area contributed by atoms with Gasteiger partial charge in [-0.3, -0.25) is 9.59 Å².